The Morgan fingerprint density at radius 3 is 2.14 bits per heavy atom. The predicted molar refractivity (Wildman–Crippen MR) is 48.9 cm³/mol. The maximum absolute atomic E-state index is 5.50. The van der Waals surface area contributed by atoms with Crippen LogP contribution in [0.15, 0.2) is 0 Å². The van der Waals surface area contributed by atoms with Crippen molar-refractivity contribution in [2.24, 2.45) is 0 Å². The van der Waals surface area contributed by atoms with Gasteiger partial charge in [0.2, 0.25) is 0 Å². The molecule has 1 fully saturated rings. The SMILES string of the molecule is COC(OC)(OC)C(C)OCC1CO1. The van der Waals surface area contributed by atoms with E-state index in [0.29, 0.717) is 6.61 Å². The van der Waals surface area contributed by atoms with Crippen molar-refractivity contribution >= 4 is 0 Å². The number of ether oxygens (including phenoxy) is 5. The standard InChI is InChI=1S/C9H18O5/c1-7(13-5-8-6-14-8)9(10-2,11-3)12-4/h7-8H,5-6H2,1-4H3. The average Bonchev–Trinajstić information content (AvgIpc) is 3.02. The van der Waals surface area contributed by atoms with Gasteiger partial charge in [-0.15, -0.1) is 0 Å². The quantitative estimate of drug-likeness (QED) is 0.445. The van der Waals surface area contributed by atoms with Crippen LogP contribution in [-0.4, -0.2) is 52.7 Å². The second kappa shape index (κ2) is 5.04. The van der Waals surface area contributed by atoms with Crippen molar-refractivity contribution in [1.82, 2.24) is 0 Å². The van der Waals surface area contributed by atoms with Crippen LogP contribution in [-0.2, 0) is 23.7 Å². The Labute approximate surface area is 84.2 Å². The van der Waals surface area contributed by atoms with Crippen molar-refractivity contribution in [3.63, 3.8) is 0 Å². The van der Waals surface area contributed by atoms with E-state index < -0.39 is 5.97 Å². The van der Waals surface area contributed by atoms with Gasteiger partial charge >= 0.3 is 5.97 Å². The molecule has 0 aromatic rings. The first-order valence-electron chi connectivity index (χ1n) is 4.57. The highest BCUT2D eigenvalue weighted by Gasteiger charge is 2.39. The molecular formula is C9H18O5. The molecule has 1 saturated heterocycles. The zero-order chi connectivity index (χ0) is 10.6. The first-order valence-corrected chi connectivity index (χ1v) is 4.57. The molecule has 1 aliphatic rings. The van der Waals surface area contributed by atoms with Crippen molar-refractivity contribution in [3.8, 4) is 0 Å². The van der Waals surface area contributed by atoms with Crippen LogP contribution in [0.2, 0.25) is 0 Å². The summed E-state index contributed by atoms with van der Waals surface area (Å²) in [6.45, 7) is 3.14. The first kappa shape index (κ1) is 11.9. The summed E-state index contributed by atoms with van der Waals surface area (Å²) in [6.07, 6.45) is -0.0904. The molecule has 0 aromatic carbocycles. The normalized spacial score (nSPS) is 23.6. The smallest absolute Gasteiger partial charge is 0.309 e. The zero-order valence-electron chi connectivity index (χ0n) is 9.11. The zero-order valence-corrected chi connectivity index (χ0v) is 9.11. The third kappa shape index (κ3) is 2.65. The number of hydrogen-bond donors (Lipinski definition) is 0. The van der Waals surface area contributed by atoms with Crippen LogP contribution in [0, 0.1) is 0 Å². The fraction of sp³-hybridized carbons (Fsp3) is 1.00. The van der Waals surface area contributed by atoms with E-state index in [2.05, 4.69) is 0 Å². The Kier molecular flexibility index (Phi) is 4.28. The van der Waals surface area contributed by atoms with E-state index in [1.807, 2.05) is 6.92 Å². The molecule has 1 rings (SSSR count). The average molecular weight is 206 g/mol. The summed E-state index contributed by atoms with van der Waals surface area (Å²) >= 11 is 0. The first-order chi connectivity index (χ1) is 6.68. The highest BCUT2D eigenvalue weighted by Crippen LogP contribution is 2.21. The van der Waals surface area contributed by atoms with Gasteiger partial charge in [-0.2, -0.15) is 0 Å². The summed E-state index contributed by atoms with van der Waals surface area (Å²) < 4.78 is 26.0. The molecule has 5 nitrogen and oxygen atoms in total. The molecule has 5 heteroatoms. The molecular weight excluding hydrogens is 188 g/mol. The van der Waals surface area contributed by atoms with E-state index in [0.717, 1.165) is 6.61 Å². The van der Waals surface area contributed by atoms with Gasteiger partial charge in [-0.1, -0.05) is 0 Å². The summed E-state index contributed by atoms with van der Waals surface area (Å²) in [6, 6.07) is 0. The number of hydrogen-bond acceptors (Lipinski definition) is 5. The fourth-order valence-corrected chi connectivity index (χ4v) is 1.27. The lowest BCUT2D eigenvalue weighted by atomic mass is 10.3. The van der Waals surface area contributed by atoms with Crippen LogP contribution in [0.3, 0.4) is 0 Å². The van der Waals surface area contributed by atoms with Gasteiger partial charge in [0.15, 0.2) is 0 Å². The molecule has 0 amide bonds. The van der Waals surface area contributed by atoms with E-state index in [4.69, 9.17) is 23.7 Å². The summed E-state index contributed by atoms with van der Waals surface area (Å²) in [5, 5.41) is 0. The van der Waals surface area contributed by atoms with Gasteiger partial charge in [0.1, 0.15) is 12.2 Å². The van der Waals surface area contributed by atoms with Gasteiger partial charge in [0.25, 0.3) is 0 Å². The van der Waals surface area contributed by atoms with Gasteiger partial charge in [-0.05, 0) is 6.92 Å². The molecule has 0 bridgehead atoms. The van der Waals surface area contributed by atoms with E-state index >= 15 is 0 Å². The molecule has 0 aromatic heterocycles. The molecule has 84 valence electrons. The monoisotopic (exact) mass is 206 g/mol. The van der Waals surface area contributed by atoms with Crippen LogP contribution < -0.4 is 0 Å². The summed E-state index contributed by atoms with van der Waals surface area (Å²) in [5.74, 6) is -1.13. The highest BCUT2D eigenvalue weighted by molar-refractivity contribution is 4.71. The maximum atomic E-state index is 5.50. The maximum Gasteiger partial charge on any atom is 0.309 e. The second-order valence-electron chi connectivity index (χ2n) is 3.15. The summed E-state index contributed by atoms with van der Waals surface area (Å²) in [7, 11) is 4.54. The number of rotatable bonds is 7. The van der Waals surface area contributed by atoms with Crippen molar-refractivity contribution in [1.29, 1.82) is 0 Å². The van der Waals surface area contributed by atoms with E-state index in [-0.39, 0.29) is 12.2 Å². The van der Waals surface area contributed by atoms with Gasteiger partial charge in [0, 0.05) is 21.3 Å². The van der Waals surface area contributed by atoms with Crippen molar-refractivity contribution in [2.75, 3.05) is 34.5 Å². The lowest BCUT2D eigenvalue weighted by Gasteiger charge is -2.33. The largest absolute Gasteiger partial charge is 0.371 e. The van der Waals surface area contributed by atoms with Crippen LogP contribution in [0.25, 0.3) is 0 Å². The Morgan fingerprint density at radius 2 is 1.79 bits per heavy atom. The molecule has 2 unspecified atom stereocenters. The molecule has 0 spiro atoms. The third-order valence-electron chi connectivity index (χ3n) is 2.29. The Morgan fingerprint density at radius 1 is 1.29 bits per heavy atom. The third-order valence-corrected chi connectivity index (χ3v) is 2.29. The molecule has 0 saturated carbocycles. The molecule has 0 aliphatic carbocycles. The minimum Gasteiger partial charge on any atom is -0.371 e. The molecule has 0 N–H and O–H groups in total. The lowest BCUT2D eigenvalue weighted by Crippen LogP contribution is -2.48. The van der Waals surface area contributed by atoms with Gasteiger partial charge in [0.05, 0.1) is 13.2 Å². The highest BCUT2D eigenvalue weighted by atomic mass is 16.9. The van der Waals surface area contributed by atoms with Gasteiger partial charge < -0.3 is 23.7 Å². The van der Waals surface area contributed by atoms with Crippen molar-refractivity contribution in [2.45, 2.75) is 25.1 Å². The van der Waals surface area contributed by atoms with Crippen molar-refractivity contribution < 1.29 is 23.7 Å². The fourth-order valence-electron chi connectivity index (χ4n) is 1.27. The van der Waals surface area contributed by atoms with E-state index in [9.17, 15) is 0 Å². The van der Waals surface area contributed by atoms with Gasteiger partial charge in [-0.25, -0.2) is 0 Å². The minimum absolute atomic E-state index is 0.223. The number of methoxy groups -OCH3 is 3. The molecule has 1 heterocycles. The number of epoxide rings is 1. The Balaban J connectivity index is 2.39. The van der Waals surface area contributed by atoms with Crippen LogP contribution in [0.1, 0.15) is 6.92 Å². The lowest BCUT2D eigenvalue weighted by molar-refractivity contribution is -0.390. The van der Waals surface area contributed by atoms with Gasteiger partial charge in [-0.3, -0.25) is 0 Å². The predicted octanol–water partition coefficient (Wildman–Crippen LogP) is 0.383. The Bertz CT molecular complexity index is 156. The van der Waals surface area contributed by atoms with Crippen molar-refractivity contribution in [3.05, 3.63) is 0 Å². The molecule has 14 heavy (non-hydrogen) atoms. The molecule has 0 radical (unpaired) electrons. The second-order valence-corrected chi connectivity index (χ2v) is 3.15. The van der Waals surface area contributed by atoms with E-state index in [1.165, 1.54) is 21.3 Å². The summed E-state index contributed by atoms with van der Waals surface area (Å²) in [4.78, 5) is 0. The van der Waals surface area contributed by atoms with E-state index in [1.54, 1.807) is 0 Å². The minimum atomic E-state index is -1.13. The van der Waals surface area contributed by atoms with Crippen LogP contribution in [0.5, 0.6) is 0 Å². The van der Waals surface area contributed by atoms with Crippen LogP contribution >= 0.6 is 0 Å². The summed E-state index contributed by atoms with van der Waals surface area (Å²) in [5.41, 5.74) is 0. The molecule has 1 aliphatic heterocycles. The van der Waals surface area contributed by atoms with Crippen LogP contribution in [0.4, 0.5) is 0 Å². The topological polar surface area (TPSA) is 49.5 Å². The Hall–Kier alpha value is -0.200. The molecule has 2 atom stereocenters.